The molecule has 0 saturated carbocycles. The zero-order valence-corrected chi connectivity index (χ0v) is 26.0. The molecule has 0 unspecified atom stereocenters. The number of nitrogens with zero attached hydrogens (tertiary/aromatic N) is 5. The van der Waals surface area contributed by atoms with Crippen molar-refractivity contribution in [3.05, 3.63) is 81.2 Å². The van der Waals surface area contributed by atoms with E-state index < -0.39 is 0 Å². The number of hydrogen-bond donors (Lipinski definition) is 2. The first-order valence-corrected chi connectivity index (χ1v) is 14.7. The Labute approximate surface area is 260 Å². The molecule has 0 spiro atoms. The number of piperazine rings is 1. The highest BCUT2D eigenvalue weighted by Crippen LogP contribution is 2.45. The maximum atomic E-state index is 14.3. The van der Waals surface area contributed by atoms with E-state index in [0.717, 1.165) is 37.4 Å². The summed E-state index contributed by atoms with van der Waals surface area (Å²) in [5.41, 5.74) is 6.22. The van der Waals surface area contributed by atoms with Crippen molar-refractivity contribution >= 4 is 45.9 Å². The lowest BCUT2D eigenvalue weighted by atomic mass is 10.0. The van der Waals surface area contributed by atoms with Crippen LogP contribution in [0.4, 0.5) is 11.6 Å². The highest BCUT2D eigenvalue weighted by molar-refractivity contribution is 6.41. The monoisotopic (exact) mass is 623 g/mol. The molecule has 43 heavy (non-hydrogen) atoms. The fraction of sp³-hybridized carbons (Fsp3) is 0.323. The highest BCUT2D eigenvalue weighted by Gasteiger charge is 2.23. The van der Waals surface area contributed by atoms with E-state index in [1.807, 2.05) is 30.3 Å². The Kier molecular flexibility index (Phi) is 9.72. The van der Waals surface area contributed by atoms with Gasteiger partial charge in [0.15, 0.2) is 0 Å². The Hall–Kier alpha value is -3.83. The second kappa shape index (κ2) is 13.6. The molecule has 1 aliphatic rings. The molecule has 4 aromatic rings. The number of pyridine rings is 1. The van der Waals surface area contributed by atoms with Crippen molar-refractivity contribution in [2.75, 3.05) is 64.7 Å². The minimum Gasteiger partial charge on any atom is -0.495 e. The Bertz CT molecular complexity index is 1640. The Morgan fingerprint density at radius 1 is 1.02 bits per heavy atom. The zero-order chi connectivity index (χ0) is 30.5. The largest absolute Gasteiger partial charge is 0.495 e. The van der Waals surface area contributed by atoms with Crippen LogP contribution in [0.2, 0.25) is 10.0 Å². The molecule has 2 aromatic heterocycles. The van der Waals surface area contributed by atoms with Gasteiger partial charge in [-0.2, -0.15) is 4.98 Å². The Morgan fingerprint density at radius 3 is 2.33 bits per heavy atom. The lowest BCUT2D eigenvalue weighted by Crippen LogP contribution is -2.47. The fourth-order valence-electron chi connectivity index (χ4n) is 5.00. The van der Waals surface area contributed by atoms with E-state index in [1.165, 1.54) is 14.2 Å². The van der Waals surface area contributed by atoms with Crippen LogP contribution >= 0.6 is 23.2 Å². The summed E-state index contributed by atoms with van der Waals surface area (Å²) < 4.78 is 12.6. The van der Waals surface area contributed by atoms with Crippen LogP contribution in [0.15, 0.2) is 60.0 Å². The number of fused-ring (bicyclic) bond motifs is 1. The number of likely N-dealkylation sites (N-methyl/N-ethyl adjacent to an activating group) is 1. The second-order valence-electron chi connectivity index (χ2n) is 10.3. The van der Waals surface area contributed by atoms with Crippen molar-refractivity contribution in [3.8, 4) is 22.6 Å². The van der Waals surface area contributed by atoms with Gasteiger partial charge >= 0.3 is 0 Å². The topological polar surface area (TPSA) is 96.8 Å². The summed E-state index contributed by atoms with van der Waals surface area (Å²) in [5, 5.41) is 6.46. The van der Waals surface area contributed by atoms with Gasteiger partial charge in [-0.15, -0.1) is 6.58 Å². The van der Waals surface area contributed by atoms with Crippen LogP contribution in [0.3, 0.4) is 0 Å². The number of halogens is 2. The van der Waals surface area contributed by atoms with E-state index in [1.54, 1.807) is 22.9 Å². The third-order valence-corrected chi connectivity index (χ3v) is 8.21. The van der Waals surface area contributed by atoms with Gasteiger partial charge in [-0.25, -0.2) is 9.99 Å². The van der Waals surface area contributed by atoms with Gasteiger partial charge in [-0.3, -0.25) is 14.8 Å². The molecule has 2 aromatic carbocycles. The van der Waals surface area contributed by atoms with E-state index in [0.29, 0.717) is 59.1 Å². The molecule has 0 radical (unpaired) electrons. The minimum absolute atomic E-state index is 0.216. The molecule has 5 rings (SSSR count). The number of aryl methyl sites for hydroxylation is 2. The molecule has 0 bridgehead atoms. The van der Waals surface area contributed by atoms with Crippen LogP contribution < -0.4 is 25.8 Å². The highest BCUT2D eigenvalue weighted by atomic mass is 35.5. The summed E-state index contributed by atoms with van der Waals surface area (Å²) >= 11 is 13.5. The first kappa shape index (κ1) is 30.6. The number of nitrogens with one attached hydrogen (secondary N) is 2. The minimum atomic E-state index is -0.292. The molecular formula is C31H35Cl2N7O3. The molecule has 0 atom stereocenters. The summed E-state index contributed by atoms with van der Waals surface area (Å²) in [4.78, 5) is 25.9. The normalized spacial score (nSPS) is 14.1. The SMILES string of the molecule is C=CCNc1ccc(CCn2c(=O)c(-c3c(Cl)c(OC)cc(OC)c3Cl)cc3cnc(NN4CCN(C)CC4)nc32)cc1. The lowest BCUT2D eigenvalue weighted by molar-refractivity contribution is 0.178. The Balaban J connectivity index is 1.58. The van der Waals surface area contributed by atoms with Gasteiger partial charge in [0.2, 0.25) is 5.95 Å². The van der Waals surface area contributed by atoms with E-state index in [2.05, 4.69) is 39.3 Å². The summed E-state index contributed by atoms with van der Waals surface area (Å²) in [6.07, 6.45) is 4.11. The van der Waals surface area contributed by atoms with E-state index in [9.17, 15) is 4.79 Å². The molecule has 10 nitrogen and oxygen atoms in total. The maximum absolute atomic E-state index is 14.3. The van der Waals surface area contributed by atoms with Crippen LogP contribution in [0, 0.1) is 0 Å². The predicted molar refractivity (Wildman–Crippen MR) is 174 cm³/mol. The fourth-order valence-corrected chi connectivity index (χ4v) is 5.71. The average Bonchev–Trinajstić information content (AvgIpc) is 3.02. The molecule has 1 saturated heterocycles. The first-order valence-electron chi connectivity index (χ1n) is 14.0. The second-order valence-corrected chi connectivity index (χ2v) is 11.0. The summed E-state index contributed by atoms with van der Waals surface area (Å²) in [6.45, 7) is 8.31. The van der Waals surface area contributed by atoms with Gasteiger partial charge in [0.05, 0.1) is 29.8 Å². The van der Waals surface area contributed by atoms with Gasteiger partial charge in [-0.05, 0) is 37.2 Å². The number of hydrogen-bond acceptors (Lipinski definition) is 9. The first-order chi connectivity index (χ1) is 20.8. The van der Waals surface area contributed by atoms with E-state index in [-0.39, 0.29) is 15.6 Å². The van der Waals surface area contributed by atoms with Crippen molar-refractivity contribution in [2.24, 2.45) is 0 Å². The van der Waals surface area contributed by atoms with Gasteiger partial charge < -0.3 is 19.7 Å². The average molecular weight is 625 g/mol. The van der Waals surface area contributed by atoms with Crippen molar-refractivity contribution in [2.45, 2.75) is 13.0 Å². The molecule has 0 amide bonds. The molecule has 3 heterocycles. The molecule has 226 valence electrons. The van der Waals surface area contributed by atoms with Crippen molar-refractivity contribution < 1.29 is 9.47 Å². The summed E-state index contributed by atoms with van der Waals surface area (Å²) in [5.74, 6) is 1.11. The van der Waals surface area contributed by atoms with Crippen LogP contribution in [0.25, 0.3) is 22.2 Å². The zero-order valence-electron chi connectivity index (χ0n) is 24.5. The molecule has 1 aliphatic heterocycles. The predicted octanol–water partition coefficient (Wildman–Crippen LogP) is 5.20. The number of rotatable bonds is 11. The Morgan fingerprint density at radius 2 is 1.70 bits per heavy atom. The number of ether oxygens (including phenoxy) is 2. The van der Waals surface area contributed by atoms with Crippen LogP contribution in [0.1, 0.15) is 5.56 Å². The van der Waals surface area contributed by atoms with Gasteiger partial charge in [0.25, 0.3) is 5.56 Å². The van der Waals surface area contributed by atoms with Crippen molar-refractivity contribution in [1.29, 1.82) is 0 Å². The number of aromatic nitrogens is 3. The molecule has 0 aliphatic carbocycles. The summed E-state index contributed by atoms with van der Waals surface area (Å²) in [7, 11) is 5.10. The maximum Gasteiger partial charge on any atom is 0.260 e. The van der Waals surface area contributed by atoms with Crippen LogP contribution in [-0.4, -0.2) is 78.4 Å². The number of hydrazine groups is 1. The van der Waals surface area contributed by atoms with Crippen molar-refractivity contribution in [1.82, 2.24) is 24.4 Å². The quantitative estimate of drug-likeness (QED) is 0.219. The third-order valence-electron chi connectivity index (χ3n) is 7.46. The van der Waals surface area contributed by atoms with Gasteiger partial charge in [0, 0.05) is 68.2 Å². The molecule has 1 fully saturated rings. The molecule has 2 N–H and O–H groups in total. The molecular weight excluding hydrogens is 589 g/mol. The number of methoxy groups -OCH3 is 2. The number of anilines is 2. The lowest BCUT2D eigenvalue weighted by Gasteiger charge is -2.32. The van der Waals surface area contributed by atoms with Gasteiger partial charge in [0.1, 0.15) is 17.1 Å². The molecule has 12 heteroatoms. The van der Waals surface area contributed by atoms with Crippen LogP contribution in [0.5, 0.6) is 11.5 Å². The standard InChI is InChI=1S/C31H35Cl2N7O3/c1-5-11-34-22-8-6-20(7-9-22)10-12-40-29-21(19-35-31(36-29)37-39-15-13-38(2)14-16-39)17-23(30(40)41)26-27(32)24(42-3)18-25(43-4)28(26)33/h5-9,17-19,34H,1,10-16H2,2-4H3,(H,35,36,37). The number of benzene rings is 2. The smallest absolute Gasteiger partial charge is 0.260 e. The van der Waals surface area contributed by atoms with E-state index >= 15 is 0 Å². The third kappa shape index (κ3) is 6.73. The van der Waals surface area contributed by atoms with Crippen molar-refractivity contribution in [3.63, 3.8) is 0 Å². The summed E-state index contributed by atoms with van der Waals surface area (Å²) in [6, 6.07) is 11.4. The van der Waals surface area contributed by atoms with Crippen LogP contribution in [-0.2, 0) is 13.0 Å². The van der Waals surface area contributed by atoms with E-state index in [4.69, 9.17) is 37.7 Å². The van der Waals surface area contributed by atoms with Gasteiger partial charge in [-0.1, -0.05) is 41.4 Å².